The van der Waals surface area contributed by atoms with E-state index in [0.717, 1.165) is 16.1 Å². The van der Waals surface area contributed by atoms with Crippen molar-refractivity contribution in [2.24, 2.45) is 0 Å². The summed E-state index contributed by atoms with van der Waals surface area (Å²) in [5, 5.41) is 0.759. The van der Waals surface area contributed by atoms with E-state index in [1.54, 1.807) is 0 Å². The molecule has 0 amide bonds. The van der Waals surface area contributed by atoms with Crippen LogP contribution in [0.1, 0.15) is 24.5 Å². The standard InChI is InChI=1S/C12H15ClO2/c1-3-15-12(14)7-5-10-4-6-11(13)9(2)8-10/h4,6,8H,3,5,7H2,1-2H3. The summed E-state index contributed by atoms with van der Waals surface area (Å²) in [6, 6.07) is 5.80. The van der Waals surface area contributed by atoms with Crippen LogP contribution in [0.4, 0.5) is 0 Å². The van der Waals surface area contributed by atoms with E-state index in [4.69, 9.17) is 16.3 Å². The van der Waals surface area contributed by atoms with Gasteiger partial charge >= 0.3 is 5.97 Å². The van der Waals surface area contributed by atoms with Crippen molar-refractivity contribution in [1.29, 1.82) is 0 Å². The normalized spacial score (nSPS) is 10.1. The summed E-state index contributed by atoms with van der Waals surface area (Å²) in [6.07, 6.45) is 1.13. The highest BCUT2D eigenvalue weighted by Gasteiger charge is 2.03. The molecular weight excluding hydrogens is 212 g/mol. The molecule has 0 aliphatic heterocycles. The summed E-state index contributed by atoms with van der Waals surface area (Å²) in [6.45, 7) is 4.21. The van der Waals surface area contributed by atoms with Crippen LogP contribution in [0, 0.1) is 6.92 Å². The molecule has 0 spiro atoms. The summed E-state index contributed by atoms with van der Waals surface area (Å²) in [4.78, 5) is 11.1. The first-order valence-corrected chi connectivity index (χ1v) is 5.42. The molecule has 0 atom stereocenters. The summed E-state index contributed by atoms with van der Waals surface area (Å²) >= 11 is 5.90. The van der Waals surface area contributed by atoms with Crippen molar-refractivity contribution >= 4 is 17.6 Å². The molecule has 0 saturated heterocycles. The molecule has 2 nitrogen and oxygen atoms in total. The molecule has 0 unspecified atom stereocenters. The van der Waals surface area contributed by atoms with Crippen molar-refractivity contribution in [1.82, 2.24) is 0 Å². The molecule has 0 aliphatic rings. The molecule has 1 rings (SSSR count). The Morgan fingerprint density at radius 3 is 2.80 bits per heavy atom. The predicted molar refractivity (Wildman–Crippen MR) is 61.1 cm³/mol. The zero-order valence-corrected chi connectivity index (χ0v) is 9.80. The van der Waals surface area contributed by atoms with Crippen LogP contribution < -0.4 is 0 Å². The monoisotopic (exact) mass is 226 g/mol. The van der Waals surface area contributed by atoms with Gasteiger partial charge in [-0.2, -0.15) is 0 Å². The molecular formula is C12H15ClO2. The summed E-state index contributed by atoms with van der Waals surface area (Å²) in [5.41, 5.74) is 2.16. The fraction of sp³-hybridized carbons (Fsp3) is 0.417. The Morgan fingerprint density at radius 2 is 2.20 bits per heavy atom. The Hall–Kier alpha value is -1.02. The van der Waals surface area contributed by atoms with E-state index in [2.05, 4.69) is 0 Å². The van der Waals surface area contributed by atoms with E-state index >= 15 is 0 Å². The third kappa shape index (κ3) is 3.92. The lowest BCUT2D eigenvalue weighted by Crippen LogP contribution is -2.05. The molecule has 1 aromatic rings. The maximum Gasteiger partial charge on any atom is 0.306 e. The van der Waals surface area contributed by atoms with Crippen LogP contribution in [0.5, 0.6) is 0 Å². The summed E-state index contributed by atoms with van der Waals surface area (Å²) < 4.78 is 4.85. The molecule has 0 bridgehead atoms. The van der Waals surface area contributed by atoms with Gasteiger partial charge in [-0.3, -0.25) is 4.79 Å². The van der Waals surface area contributed by atoms with Gasteiger partial charge in [-0.05, 0) is 37.5 Å². The maximum absolute atomic E-state index is 11.1. The third-order valence-corrected chi connectivity index (χ3v) is 2.57. The van der Waals surface area contributed by atoms with Gasteiger partial charge in [-0.25, -0.2) is 0 Å². The van der Waals surface area contributed by atoms with Crippen LogP contribution >= 0.6 is 11.6 Å². The maximum atomic E-state index is 11.1. The number of aryl methyl sites for hydroxylation is 2. The first-order chi connectivity index (χ1) is 7.13. The van der Waals surface area contributed by atoms with Crippen LogP contribution in [0.15, 0.2) is 18.2 Å². The highest BCUT2D eigenvalue weighted by Crippen LogP contribution is 2.17. The average Bonchev–Trinajstić information content (AvgIpc) is 2.20. The summed E-state index contributed by atoms with van der Waals surface area (Å²) in [7, 11) is 0. The topological polar surface area (TPSA) is 26.3 Å². The second kappa shape index (κ2) is 5.76. The molecule has 3 heteroatoms. The molecule has 1 aromatic carbocycles. The average molecular weight is 227 g/mol. The van der Waals surface area contributed by atoms with Crippen molar-refractivity contribution in [2.75, 3.05) is 6.61 Å². The molecule has 0 fully saturated rings. The van der Waals surface area contributed by atoms with Gasteiger partial charge in [0.15, 0.2) is 0 Å². The van der Waals surface area contributed by atoms with E-state index in [0.29, 0.717) is 19.4 Å². The SMILES string of the molecule is CCOC(=O)CCc1ccc(Cl)c(C)c1. The number of carbonyl (C=O) groups is 1. The number of benzene rings is 1. The van der Waals surface area contributed by atoms with Crippen molar-refractivity contribution in [3.05, 3.63) is 34.3 Å². The van der Waals surface area contributed by atoms with Crippen LogP contribution in [0.25, 0.3) is 0 Å². The zero-order chi connectivity index (χ0) is 11.3. The number of rotatable bonds is 4. The second-order valence-corrected chi connectivity index (χ2v) is 3.80. The van der Waals surface area contributed by atoms with Gasteiger partial charge < -0.3 is 4.74 Å². The smallest absolute Gasteiger partial charge is 0.306 e. The Balaban J connectivity index is 2.51. The van der Waals surface area contributed by atoms with Crippen LogP contribution in [0.3, 0.4) is 0 Å². The fourth-order valence-electron chi connectivity index (χ4n) is 1.34. The predicted octanol–water partition coefficient (Wildman–Crippen LogP) is 3.14. The lowest BCUT2D eigenvalue weighted by atomic mass is 10.1. The number of ether oxygens (including phenoxy) is 1. The van der Waals surface area contributed by atoms with Gasteiger partial charge in [-0.1, -0.05) is 23.7 Å². The number of hydrogen-bond donors (Lipinski definition) is 0. The molecule has 0 aliphatic carbocycles. The minimum Gasteiger partial charge on any atom is -0.466 e. The fourth-order valence-corrected chi connectivity index (χ4v) is 1.46. The van der Waals surface area contributed by atoms with Crippen LogP contribution in [0.2, 0.25) is 5.02 Å². The number of esters is 1. The van der Waals surface area contributed by atoms with E-state index in [-0.39, 0.29) is 5.97 Å². The molecule has 0 aromatic heterocycles. The first kappa shape index (κ1) is 12.1. The van der Waals surface area contributed by atoms with Gasteiger partial charge in [-0.15, -0.1) is 0 Å². The van der Waals surface area contributed by atoms with Gasteiger partial charge in [0.1, 0.15) is 0 Å². The van der Waals surface area contributed by atoms with Crippen molar-refractivity contribution in [3.8, 4) is 0 Å². The third-order valence-electron chi connectivity index (χ3n) is 2.15. The number of hydrogen-bond acceptors (Lipinski definition) is 2. The molecule has 15 heavy (non-hydrogen) atoms. The Morgan fingerprint density at radius 1 is 1.47 bits per heavy atom. The quantitative estimate of drug-likeness (QED) is 0.738. The lowest BCUT2D eigenvalue weighted by Gasteiger charge is -2.04. The number of carbonyl (C=O) groups excluding carboxylic acids is 1. The lowest BCUT2D eigenvalue weighted by molar-refractivity contribution is -0.143. The van der Waals surface area contributed by atoms with Gasteiger partial charge in [0.2, 0.25) is 0 Å². The second-order valence-electron chi connectivity index (χ2n) is 3.39. The molecule has 0 radical (unpaired) electrons. The van der Waals surface area contributed by atoms with Gasteiger partial charge in [0, 0.05) is 11.4 Å². The van der Waals surface area contributed by atoms with Crippen LogP contribution in [-0.4, -0.2) is 12.6 Å². The summed E-state index contributed by atoms with van der Waals surface area (Å²) in [5.74, 6) is -0.148. The largest absolute Gasteiger partial charge is 0.466 e. The van der Waals surface area contributed by atoms with Crippen molar-refractivity contribution in [3.63, 3.8) is 0 Å². The Labute approximate surface area is 95.2 Å². The highest BCUT2D eigenvalue weighted by atomic mass is 35.5. The van der Waals surface area contributed by atoms with Gasteiger partial charge in [0.05, 0.1) is 6.61 Å². The van der Waals surface area contributed by atoms with Crippen molar-refractivity contribution in [2.45, 2.75) is 26.7 Å². The Bertz CT molecular complexity index is 347. The minimum absolute atomic E-state index is 0.148. The first-order valence-electron chi connectivity index (χ1n) is 5.04. The molecule has 82 valence electrons. The molecule has 0 saturated carbocycles. The van der Waals surface area contributed by atoms with E-state index < -0.39 is 0 Å². The molecule has 0 heterocycles. The Kier molecular flexibility index (Phi) is 4.63. The van der Waals surface area contributed by atoms with Crippen molar-refractivity contribution < 1.29 is 9.53 Å². The minimum atomic E-state index is -0.148. The van der Waals surface area contributed by atoms with Gasteiger partial charge in [0.25, 0.3) is 0 Å². The zero-order valence-electron chi connectivity index (χ0n) is 9.05. The van der Waals surface area contributed by atoms with E-state index in [9.17, 15) is 4.79 Å². The van der Waals surface area contributed by atoms with E-state index in [1.165, 1.54) is 0 Å². The number of halogens is 1. The highest BCUT2D eigenvalue weighted by molar-refractivity contribution is 6.31. The van der Waals surface area contributed by atoms with Crippen LogP contribution in [-0.2, 0) is 16.0 Å². The van der Waals surface area contributed by atoms with E-state index in [1.807, 2.05) is 32.0 Å². The molecule has 0 N–H and O–H groups in total.